The number of ether oxygens (including phenoxy) is 1. The zero-order valence-electron chi connectivity index (χ0n) is 12.6. The van der Waals surface area contributed by atoms with Crippen LogP contribution in [0, 0.1) is 0 Å². The van der Waals surface area contributed by atoms with Crippen molar-refractivity contribution >= 4 is 24.0 Å². The van der Waals surface area contributed by atoms with Crippen LogP contribution in [0.15, 0.2) is 24.3 Å². The Kier molecular flexibility index (Phi) is 8.16. The minimum absolute atomic E-state index is 0. The molecule has 1 aromatic carbocycles. The number of nitrogens with zero attached hydrogens (tertiary/aromatic N) is 1. The molecule has 0 atom stereocenters. The summed E-state index contributed by atoms with van der Waals surface area (Å²) in [5.41, 5.74) is 0.767. The first-order valence-corrected chi connectivity index (χ1v) is 7.53. The van der Waals surface area contributed by atoms with Crippen LogP contribution in [0.3, 0.4) is 0 Å². The van der Waals surface area contributed by atoms with Crippen molar-refractivity contribution in [3.05, 3.63) is 24.3 Å². The molecule has 0 spiro atoms. The molecule has 118 valence electrons. The van der Waals surface area contributed by atoms with E-state index in [1.807, 2.05) is 24.3 Å². The van der Waals surface area contributed by atoms with Gasteiger partial charge in [-0.2, -0.15) is 0 Å². The van der Waals surface area contributed by atoms with Crippen molar-refractivity contribution in [1.82, 2.24) is 4.90 Å². The van der Waals surface area contributed by atoms with Crippen LogP contribution in [0.4, 0.5) is 5.69 Å². The van der Waals surface area contributed by atoms with Crippen LogP contribution >= 0.6 is 12.4 Å². The maximum Gasteiger partial charge on any atom is 0.238 e. The van der Waals surface area contributed by atoms with Crippen LogP contribution in [0.1, 0.15) is 32.6 Å². The molecule has 0 radical (unpaired) electrons. The second-order valence-corrected chi connectivity index (χ2v) is 5.23. The van der Waals surface area contributed by atoms with Crippen molar-refractivity contribution in [2.24, 2.45) is 0 Å². The number of anilines is 1. The van der Waals surface area contributed by atoms with Crippen molar-refractivity contribution in [2.45, 2.75) is 32.6 Å². The maximum atomic E-state index is 12.1. The molecule has 1 heterocycles. The van der Waals surface area contributed by atoms with Gasteiger partial charge in [0, 0.05) is 0 Å². The van der Waals surface area contributed by atoms with Gasteiger partial charge in [-0.05, 0) is 44.5 Å². The molecule has 1 amide bonds. The van der Waals surface area contributed by atoms with E-state index < -0.39 is 0 Å². The van der Waals surface area contributed by atoms with Crippen LogP contribution in [-0.2, 0) is 4.79 Å². The van der Waals surface area contributed by atoms with Gasteiger partial charge in [0.05, 0.1) is 18.8 Å². The number of nitrogens with one attached hydrogen (secondary N) is 1. The molecule has 1 aliphatic heterocycles. The monoisotopic (exact) mass is 312 g/mol. The number of carbonyl (C=O) groups is 1. The smallest absolute Gasteiger partial charge is 0.238 e. The van der Waals surface area contributed by atoms with Gasteiger partial charge >= 0.3 is 0 Å². The lowest BCUT2D eigenvalue weighted by Gasteiger charge is -2.25. The van der Waals surface area contributed by atoms with Gasteiger partial charge < -0.3 is 10.1 Å². The van der Waals surface area contributed by atoms with E-state index in [1.165, 1.54) is 19.3 Å². The summed E-state index contributed by atoms with van der Waals surface area (Å²) in [6.45, 7) is 5.27. The van der Waals surface area contributed by atoms with Crippen LogP contribution in [0.5, 0.6) is 5.75 Å². The van der Waals surface area contributed by atoms with E-state index in [-0.39, 0.29) is 18.3 Å². The molecule has 0 bridgehead atoms. The number of benzene rings is 1. The molecule has 1 saturated heterocycles. The lowest BCUT2D eigenvalue weighted by molar-refractivity contribution is -0.117. The van der Waals surface area contributed by atoms with Gasteiger partial charge in [0.1, 0.15) is 5.75 Å². The number of piperidine rings is 1. The number of hydrogen-bond acceptors (Lipinski definition) is 3. The average Bonchev–Trinajstić information content (AvgIpc) is 2.47. The van der Waals surface area contributed by atoms with E-state index in [4.69, 9.17) is 4.74 Å². The van der Waals surface area contributed by atoms with Crippen molar-refractivity contribution in [2.75, 3.05) is 31.6 Å². The Morgan fingerprint density at radius 2 is 1.95 bits per heavy atom. The Balaban J connectivity index is 0.00000220. The molecule has 0 unspecified atom stereocenters. The number of para-hydroxylation sites is 2. The SMILES string of the molecule is CCCOc1ccccc1NC(=O)CN1CCCCC1.Cl. The Bertz CT molecular complexity index is 434. The third kappa shape index (κ3) is 5.94. The fourth-order valence-corrected chi connectivity index (χ4v) is 2.42. The number of hydrogen-bond donors (Lipinski definition) is 1. The highest BCUT2D eigenvalue weighted by Crippen LogP contribution is 2.23. The first-order valence-electron chi connectivity index (χ1n) is 7.53. The molecule has 4 nitrogen and oxygen atoms in total. The molecule has 1 aliphatic rings. The van der Waals surface area contributed by atoms with Gasteiger partial charge in [-0.15, -0.1) is 12.4 Å². The van der Waals surface area contributed by atoms with Gasteiger partial charge in [0.15, 0.2) is 0 Å². The minimum Gasteiger partial charge on any atom is -0.491 e. The van der Waals surface area contributed by atoms with Gasteiger partial charge in [0.25, 0.3) is 0 Å². The van der Waals surface area contributed by atoms with E-state index in [9.17, 15) is 4.79 Å². The molecule has 0 aromatic heterocycles. The van der Waals surface area contributed by atoms with Gasteiger partial charge in [0.2, 0.25) is 5.91 Å². The molecule has 5 heteroatoms. The number of rotatable bonds is 6. The van der Waals surface area contributed by atoms with Crippen molar-refractivity contribution in [3.63, 3.8) is 0 Å². The quantitative estimate of drug-likeness (QED) is 0.876. The van der Waals surface area contributed by atoms with Crippen molar-refractivity contribution < 1.29 is 9.53 Å². The van der Waals surface area contributed by atoms with Crippen molar-refractivity contribution in [1.29, 1.82) is 0 Å². The number of halogens is 1. The Hall–Kier alpha value is -1.26. The second-order valence-electron chi connectivity index (χ2n) is 5.23. The molecule has 0 saturated carbocycles. The largest absolute Gasteiger partial charge is 0.491 e. The third-order valence-corrected chi connectivity index (χ3v) is 3.44. The summed E-state index contributed by atoms with van der Waals surface area (Å²) in [5.74, 6) is 0.792. The zero-order chi connectivity index (χ0) is 14.2. The highest BCUT2D eigenvalue weighted by atomic mass is 35.5. The topological polar surface area (TPSA) is 41.6 Å². The Labute approximate surface area is 133 Å². The predicted octanol–water partition coefficient (Wildman–Crippen LogP) is 3.32. The molecule has 21 heavy (non-hydrogen) atoms. The summed E-state index contributed by atoms with van der Waals surface area (Å²) in [4.78, 5) is 14.3. The molecular formula is C16H25ClN2O2. The molecule has 1 fully saturated rings. The number of likely N-dealkylation sites (tertiary alicyclic amines) is 1. The first kappa shape index (κ1) is 17.8. The van der Waals surface area contributed by atoms with E-state index in [0.29, 0.717) is 13.2 Å². The van der Waals surface area contributed by atoms with E-state index >= 15 is 0 Å². The summed E-state index contributed by atoms with van der Waals surface area (Å²) in [5, 5.41) is 2.96. The van der Waals surface area contributed by atoms with E-state index in [2.05, 4.69) is 17.1 Å². The molecule has 0 aliphatic carbocycles. The fraction of sp³-hybridized carbons (Fsp3) is 0.562. The maximum absolute atomic E-state index is 12.1. The predicted molar refractivity (Wildman–Crippen MR) is 88.4 cm³/mol. The normalized spacial score (nSPS) is 15.1. The van der Waals surface area contributed by atoms with Gasteiger partial charge in [-0.25, -0.2) is 0 Å². The summed E-state index contributed by atoms with van der Waals surface area (Å²) in [6, 6.07) is 7.62. The first-order chi connectivity index (χ1) is 9.79. The summed E-state index contributed by atoms with van der Waals surface area (Å²) in [6.07, 6.45) is 4.63. The third-order valence-electron chi connectivity index (χ3n) is 3.44. The van der Waals surface area contributed by atoms with Crippen LogP contribution in [-0.4, -0.2) is 37.0 Å². The van der Waals surface area contributed by atoms with E-state index in [1.54, 1.807) is 0 Å². The lowest BCUT2D eigenvalue weighted by atomic mass is 10.1. The number of carbonyl (C=O) groups excluding carboxylic acids is 1. The molecule has 1 N–H and O–H groups in total. The highest BCUT2D eigenvalue weighted by Gasteiger charge is 2.14. The average molecular weight is 313 g/mol. The highest BCUT2D eigenvalue weighted by molar-refractivity contribution is 5.93. The summed E-state index contributed by atoms with van der Waals surface area (Å²) in [7, 11) is 0. The van der Waals surface area contributed by atoms with Crippen molar-refractivity contribution in [3.8, 4) is 5.75 Å². The molecular weight excluding hydrogens is 288 g/mol. The number of amides is 1. The second kappa shape index (κ2) is 9.64. The Morgan fingerprint density at radius 1 is 1.24 bits per heavy atom. The lowest BCUT2D eigenvalue weighted by Crippen LogP contribution is -2.36. The standard InChI is InChI=1S/C16H24N2O2.ClH/c1-2-12-20-15-9-5-4-8-14(15)17-16(19)13-18-10-6-3-7-11-18;/h4-5,8-9H,2-3,6-7,10-13H2,1H3,(H,17,19);1H. The minimum atomic E-state index is 0. The molecule has 1 aromatic rings. The fourth-order valence-electron chi connectivity index (χ4n) is 2.42. The summed E-state index contributed by atoms with van der Waals surface area (Å²) >= 11 is 0. The van der Waals surface area contributed by atoms with Gasteiger partial charge in [-0.3, -0.25) is 9.69 Å². The van der Waals surface area contributed by atoms with Crippen LogP contribution in [0.2, 0.25) is 0 Å². The van der Waals surface area contributed by atoms with Crippen LogP contribution in [0.25, 0.3) is 0 Å². The zero-order valence-corrected chi connectivity index (χ0v) is 13.5. The summed E-state index contributed by atoms with van der Waals surface area (Å²) < 4.78 is 5.65. The van der Waals surface area contributed by atoms with E-state index in [0.717, 1.165) is 30.9 Å². The molecule has 2 rings (SSSR count). The Morgan fingerprint density at radius 3 is 2.67 bits per heavy atom. The van der Waals surface area contributed by atoms with Gasteiger partial charge in [-0.1, -0.05) is 25.5 Å². The van der Waals surface area contributed by atoms with Crippen LogP contribution < -0.4 is 10.1 Å².